The van der Waals surface area contributed by atoms with Crippen LogP contribution in [-0.2, 0) is 0 Å². The van der Waals surface area contributed by atoms with Gasteiger partial charge in [-0.05, 0) is 28.0 Å². The second-order valence-electron chi connectivity index (χ2n) is 5.53. The van der Waals surface area contributed by atoms with Crippen LogP contribution in [0, 0.1) is 10.8 Å². The molecule has 0 saturated carbocycles. The normalized spacial score (nSPS) is 32.2. The molecule has 1 rings (SSSR count). The molecule has 0 bridgehead atoms. The van der Waals surface area contributed by atoms with Gasteiger partial charge >= 0.3 is 0 Å². The van der Waals surface area contributed by atoms with Crippen LogP contribution in [-0.4, -0.2) is 6.04 Å². The minimum atomic E-state index is -0.421. The first kappa shape index (κ1) is 13.6. The lowest BCUT2D eigenvalue weighted by Crippen LogP contribution is -2.56. The van der Waals surface area contributed by atoms with Crippen molar-refractivity contribution in [3.63, 3.8) is 0 Å². The Morgan fingerprint density at radius 3 is 2.00 bits per heavy atom. The van der Waals surface area contributed by atoms with Crippen molar-refractivity contribution in [2.45, 2.75) is 33.7 Å². The maximum atomic E-state index is 6.23. The van der Waals surface area contributed by atoms with Gasteiger partial charge in [0, 0.05) is 16.8 Å². The van der Waals surface area contributed by atoms with E-state index in [1.54, 1.807) is 0 Å². The molecule has 0 aromatic heterocycles. The van der Waals surface area contributed by atoms with Gasteiger partial charge in [0.25, 0.3) is 0 Å². The fourth-order valence-corrected chi connectivity index (χ4v) is 2.67. The first-order chi connectivity index (χ1) is 7.05. The molecule has 92 valence electrons. The van der Waals surface area contributed by atoms with Crippen LogP contribution in [0.1, 0.15) is 27.7 Å². The molecule has 0 aromatic rings. The van der Waals surface area contributed by atoms with E-state index in [9.17, 15) is 0 Å². The molecule has 0 amide bonds. The summed E-state index contributed by atoms with van der Waals surface area (Å²) in [5, 5.41) is 0. The molecule has 0 heterocycles. The number of allylic oxidation sites excluding steroid dienone is 1. The van der Waals surface area contributed by atoms with E-state index in [0.29, 0.717) is 17.1 Å². The average molecular weight is 336 g/mol. The van der Waals surface area contributed by atoms with Crippen LogP contribution in [0.15, 0.2) is 20.7 Å². The Hall–Kier alpha value is -0.430. The lowest BCUT2D eigenvalue weighted by Gasteiger charge is -2.49. The highest BCUT2D eigenvalue weighted by Crippen LogP contribution is 2.50. The van der Waals surface area contributed by atoms with Crippen molar-refractivity contribution in [3.05, 3.63) is 20.7 Å². The molecule has 0 radical (unpaired) electrons. The van der Waals surface area contributed by atoms with Crippen LogP contribution >= 0.6 is 22.6 Å². The van der Waals surface area contributed by atoms with Gasteiger partial charge in [-0.25, -0.2) is 0 Å². The van der Waals surface area contributed by atoms with Gasteiger partial charge < -0.3 is 22.9 Å². The molecule has 4 nitrogen and oxygen atoms in total. The summed E-state index contributed by atoms with van der Waals surface area (Å²) in [7, 11) is 0. The molecule has 8 N–H and O–H groups in total. The van der Waals surface area contributed by atoms with E-state index in [2.05, 4.69) is 43.4 Å². The van der Waals surface area contributed by atoms with Gasteiger partial charge in [-0.1, -0.05) is 27.7 Å². The summed E-state index contributed by atoms with van der Waals surface area (Å²) in [5.41, 5.74) is 25.7. The van der Waals surface area contributed by atoms with Crippen LogP contribution in [0.25, 0.3) is 0 Å². The van der Waals surface area contributed by atoms with Crippen LogP contribution in [0.2, 0.25) is 0 Å². The Kier molecular flexibility index (Phi) is 3.24. The zero-order valence-corrected chi connectivity index (χ0v) is 12.4. The number of hydrogen-bond donors (Lipinski definition) is 4. The molecular formula is C11H21IN4. The van der Waals surface area contributed by atoms with E-state index in [4.69, 9.17) is 22.9 Å². The second-order valence-corrected chi connectivity index (χ2v) is 6.61. The molecule has 2 atom stereocenters. The summed E-state index contributed by atoms with van der Waals surface area (Å²) in [6.45, 7) is 8.31. The smallest absolute Gasteiger partial charge is 0.0665 e. The van der Waals surface area contributed by atoms with Crippen LogP contribution in [0.3, 0.4) is 0 Å². The molecule has 0 aromatic carbocycles. The van der Waals surface area contributed by atoms with E-state index in [1.165, 1.54) is 0 Å². The maximum absolute atomic E-state index is 6.23. The summed E-state index contributed by atoms with van der Waals surface area (Å²) in [6.07, 6.45) is 0. The van der Waals surface area contributed by atoms with Crippen molar-refractivity contribution >= 4 is 22.6 Å². The van der Waals surface area contributed by atoms with E-state index in [-0.39, 0.29) is 11.5 Å². The fraction of sp³-hybridized carbons (Fsp3) is 0.636. The standard InChI is InChI=1S/C11H21IN4/c1-10(2,3)11(4)8(15)6(13)5(12)7(14)9(11)16/h8H,13-16H2,1-4H3. The summed E-state index contributed by atoms with van der Waals surface area (Å²) in [5.74, 6) is 0. The number of hydrogen-bond acceptors (Lipinski definition) is 4. The Balaban J connectivity index is 3.48. The Labute approximate surface area is 111 Å². The van der Waals surface area contributed by atoms with Gasteiger partial charge in [0.05, 0.1) is 15.3 Å². The molecule has 0 aliphatic heterocycles. The van der Waals surface area contributed by atoms with Crippen LogP contribution < -0.4 is 22.9 Å². The maximum Gasteiger partial charge on any atom is 0.0665 e. The largest absolute Gasteiger partial charge is 0.400 e. The number of nitrogens with two attached hydrogens (primary N) is 4. The van der Waals surface area contributed by atoms with Gasteiger partial charge in [-0.2, -0.15) is 0 Å². The number of rotatable bonds is 0. The van der Waals surface area contributed by atoms with Crippen LogP contribution in [0.4, 0.5) is 0 Å². The minimum Gasteiger partial charge on any atom is -0.400 e. The van der Waals surface area contributed by atoms with Gasteiger partial charge in [-0.3, -0.25) is 0 Å². The predicted octanol–water partition coefficient (Wildman–Crippen LogP) is 1.11. The van der Waals surface area contributed by atoms with Crippen molar-refractivity contribution in [2.75, 3.05) is 0 Å². The van der Waals surface area contributed by atoms with Crippen molar-refractivity contribution in [1.82, 2.24) is 0 Å². The summed E-state index contributed by atoms with van der Waals surface area (Å²) in [6, 6.07) is -0.299. The van der Waals surface area contributed by atoms with Crippen molar-refractivity contribution in [3.8, 4) is 0 Å². The molecule has 5 heteroatoms. The highest BCUT2D eigenvalue weighted by Gasteiger charge is 2.49. The minimum absolute atomic E-state index is 0.108. The molecule has 0 saturated heterocycles. The topological polar surface area (TPSA) is 104 Å². The third kappa shape index (κ3) is 1.60. The predicted molar refractivity (Wildman–Crippen MR) is 76.2 cm³/mol. The molecule has 16 heavy (non-hydrogen) atoms. The monoisotopic (exact) mass is 336 g/mol. The van der Waals surface area contributed by atoms with Crippen molar-refractivity contribution < 1.29 is 0 Å². The van der Waals surface area contributed by atoms with E-state index in [1.807, 2.05) is 6.92 Å². The number of halogens is 1. The first-order valence-corrected chi connectivity index (χ1v) is 6.29. The average Bonchev–Trinajstić information content (AvgIpc) is 2.19. The third-order valence-corrected chi connectivity index (χ3v) is 5.06. The zero-order chi connectivity index (χ0) is 12.9. The first-order valence-electron chi connectivity index (χ1n) is 5.22. The summed E-state index contributed by atoms with van der Waals surface area (Å²) in [4.78, 5) is 0. The van der Waals surface area contributed by atoms with Gasteiger partial charge in [0.15, 0.2) is 0 Å². The van der Waals surface area contributed by atoms with E-state index >= 15 is 0 Å². The summed E-state index contributed by atoms with van der Waals surface area (Å²) < 4.78 is 0.782. The third-order valence-electron chi connectivity index (χ3n) is 3.85. The lowest BCUT2D eigenvalue weighted by molar-refractivity contribution is 0.124. The molecular weight excluding hydrogens is 315 g/mol. The van der Waals surface area contributed by atoms with Gasteiger partial charge in [-0.15, -0.1) is 0 Å². The van der Waals surface area contributed by atoms with Crippen LogP contribution in [0.5, 0.6) is 0 Å². The molecule has 2 unspecified atom stereocenters. The summed E-state index contributed by atoms with van der Waals surface area (Å²) >= 11 is 2.10. The zero-order valence-electron chi connectivity index (χ0n) is 10.3. The molecule has 0 fully saturated rings. The van der Waals surface area contributed by atoms with Crippen molar-refractivity contribution in [1.29, 1.82) is 0 Å². The SMILES string of the molecule is CC(C)(C)C1(C)C(N)=C(N)C(I)=C(N)C1N. The van der Waals surface area contributed by atoms with E-state index in [0.717, 1.165) is 3.58 Å². The Bertz CT molecular complexity index is 378. The Morgan fingerprint density at radius 2 is 1.62 bits per heavy atom. The van der Waals surface area contributed by atoms with Crippen molar-refractivity contribution in [2.24, 2.45) is 33.8 Å². The van der Waals surface area contributed by atoms with Gasteiger partial charge in [0.2, 0.25) is 0 Å². The second kappa shape index (κ2) is 3.80. The van der Waals surface area contributed by atoms with E-state index < -0.39 is 5.41 Å². The van der Waals surface area contributed by atoms with Gasteiger partial charge in [0.1, 0.15) is 0 Å². The molecule has 0 spiro atoms. The molecule has 1 aliphatic rings. The Morgan fingerprint density at radius 1 is 1.19 bits per heavy atom. The fourth-order valence-electron chi connectivity index (χ4n) is 2.04. The highest BCUT2D eigenvalue weighted by atomic mass is 127. The molecule has 1 aliphatic carbocycles. The lowest BCUT2D eigenvalue weighted by atomic mass is 9.59. The highest BCUT2D eigenvalue weighted by molar-refractivity contribution is 14.1. The quantitative estimate of drug-likeness (QED) is 0.498.